The fourth-order valence-electron chi connectivity index (χ4n) is 4.54. The van der Waals surface area contributed by atoms with E-state index in [-0.39, 0.29) is 6.42 Å². The van der Waals surface area contributed by atoms with Gasteiger partial charge in [0.2, 0.25) is 0 Å². The maximum Gasteiger partial charge on any atom is 0.408 e. The zero-order valence-electron chi connectivity index (χ0n) is 22.6. The number of amides is 1. The number of rotatable bonds is 6. The minimum absolute atomic E-state index is 0.258. The summed E-state index contributed by atoms with van der Waals surface area (Å²) in [5.74, 6) is -0.517. The van der Waals surface area contributed by atoms with Gasteiger partial charge in [-0.1, -0.05) is 12.1 Å². The fraction of sp³-hybridized carbons (Fsp3) is 0.704. The summed E-state index contributed by atoms with van der Waals surface area (Å²) in [4.78, 5) is 29.6. The van der Waals surface area contributed by atoms with Gasteiger partial charge >= 0.3 is 12.1 Å². The second kappa shape index (κ2) is 11.8. The van der Waals surface area contributed by atoms with E-state index >= 15 is 0 Å². The second-order valence-electron chi connectivity index (χ2n) is 11.6. The summed E-state index contributed by atoms with van der Waals surface area (Å²) in [5, 5.41) is 13.5. The topological polar surface area (TPSA) is 101 Å². The first-order chi connectivity index (χ1) is 16.8. The van der Waals surface area contributed by atoms with Gasteiger partial charge in [0.05, 0.1) is 0 Å². The monoisotopic (exact) mass is 505 g/mol. The Morgan fingerprint density at radius 2 is 1.64 bits per heavy atom. The second-order valence-corrected chi connectivity index (χ2v) is 11.6. The van der Waals surface area contributed by atoms with Crippen molar-refractivity contribution in [3.63, 3.8) is 0 Å². The van der Waals surface area contributed by atoms with Gasteiger partial charge in [-0.15, -0.1) is 0 Å². The molecule has 0 spiro atoms. The molecule has 1 aromatic rings. The fourth-order valence-corrected chi connectivity index (χ4v) is 4.54. The van der Waals surface area contributed by atoms with Crippen LogP contribution in [0.25, 0.3) is 0 Å². The molecule has 36 heavy (non-hydrogen) atoms. The van der Waals surface area contributed by atoms with Crippen LogP contribution in [0, 0.1) is 0 Å². The van der Waals surface area contributed by atoms with Crippen molar-refractivity contribution in [1.29, 1.82) is 0 Å². The summed E-state index contributed by atoms with van der Waals surface area (Å²) in [6.45, 7) is 14.5. The van der Waals surface area contributed by atoms with Gasteiger partial charge in [0.25, 0.3) is 0 Å². The van der Waals surface area contributed by atoms with E-state index in [2.05, 4.69) is 10.2 Å². The largest absolute Gasteiger partial charge is 0.458 e. The lowest BCUT2D eigenvalue weighted by Crippen LogP contribution is -2.56. The molecule has 0 bridgehead atoms. The van der Waals surface area contributed by atoms with Crippen LogP contribution in [0.15, 0.2) is 24.3 Å². The van der Waals surface area contributed by atoms with Crippen molar-refractivity contribution >= 4 is 17.7 Å². The molecule has 2 atom stereocenters. The number of alkyl carbamates (subject to hydrolysis) is 1. The Labute approximate surface area is 215 Å². The van der Waals surface area contributed by atoms with E-state index < -0.39 is 35.5 Å². The lowest BCUT2D eigenvalue weighted by atomic mass is 10.0. The van der Waals surface area contributed by atoms with Crippen molar-refractivity contribution in [2.45, 2.75) is 90.3 Å². The molecule has 1 aromatic carbocycles. The third-order valence-corrected chi connectivity index (χ3v) is 6.18. The highest BCUT2D eigenvalue weighted by Crippen LogP contribution is 2.24. The number of esters is 1. The van der Waals surface area contributed by atoms with Crippen molar-refractivity contribution in [1.82, 2.24) is 10.2 Å². The predicted octanol–water partition coefficient (Wildman–Crippen LogP) is 3.08. The molecule has 0 radical (unpaired) electrons. The number of nitrogens with zero attached hydrogens (tertiary/aromatic N) is 2. The third kappa shape index (κ3) is 8.64. The lowest BCUT2D eigenvalue weighted by Gasteiger charge is -2.44. The van der Waals surface area contributed by atoms with Gasteiger partial charge in [0.1, 0.15) is 23.5 Å². The van der Waals surface area contributed by atoms with E-state index in [0.717, 1.165) is 50.4 Å². The maximum atomic E-state index is 12.8. The van der Waals surface area contributed by atoms with Crippen LogP contribution in [-0.4, -0.2) is 84.4 Å². The molecule has 2 aliphatic rings. The van der Waals surface area contributed by atoms with Crippen LogP contribution in [-0.2, 0) is 25.4 Å². The van der Waals surface area contributed by atoms with E-state index in [1.807, 2.05) is 29.2 Å². The van der Waals surface area contributed by atoms with Crippen molar-refractivity contribution in [2.75, 3.05) is 37.7 Å². The number of piperazine rings is 1. The predicted molar refractivity (Wildman–Crippen MR) is 138 cm³/mol. The number of ether oxygens (including phenoxy) is 3. The Morgan fingerprint density at radius 1 is 1.03 bits per heavy atom. The van der Waals surface area contributed by atoms with Gasteiger partial charge in [-0.2, -0.15) is 0 Å². The molecular formula is C27H43N3O6. The quantitative estimate of drug-likeness (QED) is 0.569. The molecule has 0 aliphatic carbocycles. The summed E-state index contributed by atoms with van der Waals surface area (Å²) in [6, 6.07) is 7.31. The van der Waals surface area contributed by atoms with Gasteiger partial charge in [0.15, 0.2) is 0 Å². The molecule has 2 unspecified atom stereocenters. The SMILES string of the molecule is CC(C)(C)OC(=O)NC(Cc1ccc(N2CCN(C3CCOCC3)CC2O)cc1)C(=O)OC(C)(C)C. The Kier molecular flexibility index (Phi) is 9.24. The van der Waals surface area contributed by atoms with Crippen molar-refractivity contribution in [2.24, 2.45) is 0 Å². The molecule has 2 fully saturated rings. The average Bonchev–Trinajstić information content (AvgIpc) is 2.77. The highest BCUT2D eigenvalue weighted by molar-refractivity contribution is 5.82. The number of nitrogens with one attached hydrogen (secondary N) is 1. The highest BCUT2D eigenvalue weighted by Gasteiger charge is 2.31. The normalized spacial score (nSPS) is 21.1. The molecule has 202 valence electrons. The Bertz CT molecular complexity index is 871. The summed E-state index contributed by atoms with van der Waals surface area (Å²) < 4.78 is 16.3. The smallest absolute Gasteiger partial charge is 0.408 e. The van der Waals surface area contributed by atoms with Crippen molar-refractivity contribution in [3.05, 3.63) is 29.8 Å². The highest BCUT2D eigenvalue weighted by atomic mass is 16.6. The van der Waals surface area contributed by atoms with Gasteiger partial charge in [-0.25, -0.2) is 9.59 Å². The minimum atomic E-state index is -0.890. The molecule has 9 heteroatoms. The molecule has 2 aliphatic heterocycles. The van der Waals surface area contributed by atoms with Crippen LogP contribution in [0.4, 0.5) is 10.5 Å². The first-order valence-electron chi connectivity index (χ1n) is 12.9. The van der Waals surface area contributed by atoms with E-state index in [9.17, 15) is 14.7 Å². The van der Waals surface area contributed by atoms with E-state index in [1.54, 1.807) is 41.5 Å². The average molecular weight is 506 g/mol. The Morgan fingerprint density at radius 3 is 2.19 bits per heavy atom. The van der Waals surface area contributed by atoms with E-state index in [1.165, 1.54) is 0 Å². The Balaban J connectivity index is 1.64. The summed E-state index contributed by atoms with van der Waals surface area (Å²) >= 11 is 0. The van der Waals surface area contributed by atoms with Gasteiger partial charge in [-0.05, 0) is 72.1 Å². The number of anilines is 1. The minimum Gasteiger partial charge on any atom is -0.458 e. The van der Waals surface area contributed by atoms with Crippen LogP contribution in [0.2, 0.25) is 0 Å². The molecule has 2 N–H and O–H groups in total. The van der Waals surface area contributed by atoms with Gasteiger partial charge in [0, 0.05) is 51.0 Å². The molecule has 2 saturated heterocycles. The molecule has 3 rings (SSSR count). The van der Waals surface area contributed by atoms with Crippen LogP contribution in [0.1, 0.15) is 59.9 Å². The van der Waals surface area contributed by atoms with Gasteiger partial charge < -0.3 is 29.5 Å². The molecule has 0 saturated carbocycles. The molecule has 9 nitrogen and oxygen atoms in total. The van der Waals surface area contributed by atoms with E-state index in [0.29, 0.717) is 12.6 Å². The number of hydrogen-bond acceptors (Lipinski definition) is 8. The van der Waals surface area contributed by atoms with Crippen LogP contribution >= 0.6 is 0 Å². The summed E-state index contributed by atoms with van der Waals surface area (Å²) in [5.41, 5.74) is 0.421. The lowest BCUT2D eigenvalue weighted by molar-refractivity contribution is -0.157. The number of β-amino-alcohol motifs (C(OH)–C–C–N with tert-alkyl or cyclic N) is 1. The third-order valence-electron chi connectivity index (χ3n) is 6.18. The van der Waals surface area contributed by atoms with Crippen molar-refractivity contribution in [3.8, 4) is 0 Å². The number of carbonyl (C=O) groups is 2. The molecule has 0 aromatic heterocycles. The number of hydrogen-bond donors (Lipinski definition) is 2. The van der Waals surface area contributed by atoms with Crippen molar-refractivity contribution < 1.29 is 28.9 Å². The number of aliphatic hydroxyl groups excluding tert-OH is 1. The number of aliphatic hydroxyl groups is 1. The standard InChI is InChI=1S/C27H43N3O6/c1-26(2,3)35-24(32)22(28-25(33)36-27(4,5)6)17-19-7-9-21(10-8-19)30-14-13-29(18-23(30)31)20-11-15-34-16-12-20/h7-10,20,22-23,31H,11-18H2,1-6H3,(H,28,33). The van der Waals surface area contributed by atoms with E-state index in [4.69, 9.17) is 14.2 Å². The van der Waals surface area contributed by atoms with Gasteiger partial charge in [-0.3, -0.25) is 4.90 Å². The molecule has 1 amide bonds. The number of carbonyl (C=O) groups excluding carboxylic acids is 2. The first kappa shape index (κ1) is 28.2. The zero-order valence-corrected chi connectivity index (χ0v) is 22.6. The maximum absolute atomic E-state index is 12.8. The molecule has 2 heterocycles. The zero-order chi connectivity index (χ0) is 26.5. The number of benzene rings is 1. The summed E-state index contributed by atoms with van der Waals surface area (Å²) in [7, 11) is 0. The summed E-state index contributed by atoms with van der Waals surface area (Å²) in [6.07, 6.45) is 1.03. The Hall–Kier alpha value is -2.36. The van der Waals surface area contributed by atoms with Crippen LogP contribution in [0.5, 0.6) is 0 Å². The van der Waals surface area contributed by atoms with Crippen LogP contribution < -0.4 is 10.2 Å². The first-order valence-corrected chi connectivity index (χ1v) is 12.9. The molecular weight excluding hydrogens is 462 g/mol. The van der Waals surface area contributed by atoms with Crippen LogP contribution in [0.3, 0.4) is 0 Å².